The van der Waals surface area contributed by atoms with Crippen LogP contribution in [0, 0.1) is 5.82 Å². The summed E-state index contributed by atoms with van der Waals surface area (Å²) < 4.78 is 19.0. The van der Waals surface area contributed by atoms with Gasteiger partial charge in [-0.2, -0.15) is 0 Å². The molecule has 0 saturated heterocycles. The average Bonchev–Trinajstić information content (AvgIpc) is 2.81. The fraction of sp³-hybridized carbons (Fsp3) is 0.286. The van der Waals surface area contributed by atoms with E-state index in [4.69, 9.17) is 4.42 Å². The normalized spacial score (nSPS) is 14.4. The minimum Gasteiger partial charge on any atom is -0.508 e. The van der Waals surface area contributed by atoms with Gasteiger partial charge in [0, 0.05) is 17.7 Å². The molecule has 1 aromatic carbocycles. The van der Waals surface area contributed by atoms with Gasteiger partial charge >= 0.3 is 0 Å². The minimum absolute atomic E-state index is 0.0109. The lowest BCUT2D eigenvalue weighted by Crippen LogP contribution is -2.22. The number of phenols is 1. The van der Waals surface area contributed by atoms with Crippen molar-refractivity contribution in [2.45, 2.75) is 25.9 Å². The smallest absolute Gasteiger partial charge is 0.131 e. The summed E-state index contributed by atoms with van der Waals surface area (Å²) in [5, 5.41) is 12.4. The summed E-state index contributed by atoms with van der Waals surface area (Å²) in [4.78, 5) is 0. The number of aromatic hydroxyl groups is 1. The molecule has 0 aliphatic carbocycles. The van der Waals surface area contributed by atoms with E-state index < -0.39 is 5.82 Å². The van der Waals surface area contributed by atoms with Crippen LogP contribution in [0.1, 0.15) is 37.3 Å². The van der Waals surface area contributed by atoms with E-state index in [1.165, 1.54) is 6.07 Å². The van der Waals surface area contributed by atoms with Gasteiger partial charge in [-0.25, -0.2) is 4.39 Å². The van der Waals surface area contributed by atoms with Crippen molar-refractivity contribution >= 4 is 0 Å². The number of benzene rings is 1. The van der Waals surface area contributed by atoms with Crippen molar-refractivity contribution in [2.75, 3.05) is 0 Å². The lowest BCUT2D eigenvalue weighted by atomic mass is 10.1. The maximum absolute atomic E-state index is 13.7. The summed E-state index contributed by atoms with van der Waals surface area (Å²) in [5.74, 6) is 0.324. The monoisotopic (exact) mass is 249 g/mol. The van der Waals surface area contributed by atoms with E-state index in [-0.39, 0.29) is 17.8 Å². The minimum atomic E-state index is -0.415. The first kappa shape index (κ1) is 12.6. The number of hydrogen-bond acceptors (Lipinski definition) is 3. The number of rotatable bonds is 4. The number of phenolic OH excluding ortho intramolecular Hbond substituents is 1. The molecule has 1 heterocycles. The highest BCUT2D eigenvalue weighted by atomic mass is 19.1. The van der Waals surface area contributed by atoms with Crippen LogP contribution >= 0.6 is 0 Å². The highest BCUT2D eigenvalue weighted by molar-refractivity contribution is 5.29. The van der Waals surface area contributed by atoms with Crippen LogP contribution in [0.3, 0.4) is 0 Å². The van der Waals surface area contributed by atoms with Gasteiger partial charge in [-0.1, -0.05) is 6.07 Å². The Hall–Kier alpha value is -1.81. The van der Waals surface area contributed by atoms with Crippen LogP contribution in [0.5, 0.6) is 5.75 Å². The van der Waals surface area contributed by atoms with E-state index in [2.05, 4.69) is 5.32 Å². The summed E-state index contributed by atoms with van der Waals surface area (Å²) in [5.41, 5.74) is 0.520. The molecule has 1 unspecified atom stereocenters. The third-order valence-electron chi connectivity index (χ3n) is 2.92. The zero-order valence-electron chi connectivity index (χ0n) is 10.4. The summed E-state index contributed by atoms with van der Waals surface area (Å²) in [6, 6.07) is 7.68. The second kappa shape index (κ2) is 5.23. The Balaban J connectivity index is 2.10. The molecule has 0 spiro atoms. The fourth-order valence-corrected chi connectivity index (χ4v) is 1.95. The van der Waals surface area contributed by atoms with Crippen LogP contribution in [0.25, 0.3) is 0 Å². The van der Waals surface area contributed by atoms with Gasteiger partial charge in [-0.3, -0.25) is 0 Å². The van der Waals surface area contributed by atoms with Crippen LogP contribution in [0.4, 0.5) is 4.39 Å². The molecule has 2 aromatic rings. The molecule has 0 aliphatic rings. The van der Waals surface area contributed by atoms with Gasteiger partial charge in [-0.05, 0) is 32.0 Å². The van der Waals surface area contributed by atoms with Crippen LogP contribution in [0.15, 0.2) is 41.0 Å². The molecule has 0 radical (unpaired) electrons. The van der Waals surface area contributed by atoms with E-state index in [1.54, 1.807) is 12.3 Å². The molecule has 0 saturated carbocycles. The first-order valence-electron chi connectivity index (χ1n) is 5.86. The molecule has 2 rings (SSSR count). The molecular weight excluding hydrogens is 233 g/mol. The van der Waals surface area contributed by atoms with E-state index in [1.807, 2.05) is 26.0 Å². The molecule has 0 aliphatic heterocycles. The van der Waals surface area contributed by atoms with Crippen molar-refractivity contribution in [1.82, 2.24) is 5.32 Å². The maximum Gasteiger partial charge on any atom is 0.131 e. The number of furan rings is 1. The molecule has 0 fully saturated rings. The van der Waals surface area contributed by atoms with E-state index >= 15 is 0 Å². The van der Waals surface area contributed by atoms with Gasteiger partial charge in [0.15, 0.2) is 0 Å². The van der Waals surface area contributed by atoms with Crippen molar-refractivity contribution in [3.05, 3.63) is 53.7 Å². The van der Waals surface area contributed by atoms with Gasteiger partial charge in [0.1, 0.15) is 17.3 Å². The Labute approximate surface area is 105 Å². The van der Waals surface area contributed by atoms with Crippen LogP contribution < -0.4 is 5.32 Å². The lowest BCUT2D eigenvalue weighted by Gasteiger charge is -2.19. The molecule has 0 bridgehead atoms. The van der Waals surface area contributed by atoms with Crippen LogP contribution in [-0.4, -0.2) is 5.11 Å². The average molecular weight is 249 g/mol. The summed E-state index contributed by atoms with van der Waals surface area (Å²) >= 11 is 0. The first-order valence-corrected chi connectivity index (χ1v) is 5.86. The summed E-state index contributed by atoms with van der Waals surface area (Å²) in [6.45, 7) is 3.82. The first-order chi connectivity index (χ1) is 8.58. The predicted octanol–water partition coefficient (Wildman–Crippen LogP) is 3.54. The van der Waals surface area contributed by atoms with Crippen molar-refractivity contribution in [2.24, 2.45) is 0 Å². The third kappa shape index (κ3) is 2.71. The molecular formula is C14H16FNO2. The Morgan fingerprint density at radius 2 is 2.00 bits per heavy atom. The summed E-state index contributed by atoms with van der Waals surface area (Å²) in [7, 11) is 0. The highest BCUT2D eigenvalue weighted by Crippen LogP contribution is 2.24. The summed E-state index contributed by atoms with van der Waals surface area (Å²) in [6.07, 6.45) is 1.61. The Morgan fingerprint density at radius 1 is 1.22 bits per heavy atom. The highest BCUT2D eigenvalue weighted by Gasteiger charge is 2.16. The van der Waals surface area contributed by atoms with Gasteiger partial charge in [0.2, 0.25) is 0 Å². The topological polar surface area (TPSA) is 45.4 Å². The lowest BCUT2D eigenvalue weighted by molar-refractivity contribution is 0.396. The molecule has 4 heteroatoms. The number of nitrogens with one attached hydrogen (secondary N) is 1. The largest absolute Gasteiger partial charge is 0.508 e. The SMILES string of the molecule is CC(N[C@@H](C)c1ccco1)c1ccc(O)cc1F. The van der Waals surface area contributed by atoms with Crippen LogP contribution in [0.2, 0.25) is 0 Å². The molecule has 2 atom stereocenters. The van der Waals surface area contributed by atoms with Crippen molar-refractivity contribution < 1.29 is 13.9 Å². The molecule has 18 heavy (non-hydrogen) atoms. The molecule has 96 valence electrons. The fourth-order valence-electron chi connectivity index (χ4n) is 1.95. The Kier molecular flexibility index (Phi) is 3.67. The van der Waals surface area contributed by atoms with E-state index in [0.29, 0.717) is 5.56 Å². The van der Waals surface area contributed by atoms with Crippen molar-refractivity contribution in [1.29, 1.82) is 0 Å². The number of halogens is 1. The molecule has 2 N–H and O–H groups in total. The van der Waals surface area contributed by atoms with E-state index in [0.717, 1.165) is 11.8 Å². The standard InChI is InChI=1S/C14H16FNO2/c1-9(12-6-5-11(17)8-13(12)15)16-10(2)14-4-3-7-18-14/h3-10,16-17H,1-2H3/t9?,10-/m0/s1. The van der Waals surface area contributed by atoms with Gasteiger partial charge < -0.3 is 14.8 Å². The second-order valence-corrected chi connectivity index (χ2v) is 4.33. The van der Waals surface area contributed by atoms with Gasteiger partial charge in [-0.15, -0.1) is 0 Å². The molecule has 1 aromatic heterocycles. The Morgan fingerprint density at radius 3 is 2.61 bits per heavy atom. The van der Waals surface area contributed by atoms with Crippen molar-refractivity contribution in [3.63, 3.8) is 0 Å². The predicted molar refractivity (Wildman–Crippen MR) is 66.7 cm³/mol. The third-order valence-corrected chi connectivity index (χ3v) is 2.92. The molecule has 3 nitrogen and oxygen atoms in total. The van der Waals surface area contributed by atoms with Gasteiger partial charge in [0.25, 0.3) is 0 Å². The van der Waals surface area contributed by atoms with Crippen molar-refractivity contribution in [3.8, 4) is 5.75 Å². The number of hydrogen-bond donors (Lipinski definition) is 2. The van der Waals surface area contributed by atoms with Gasteiger partial charge in [0.05, 0.1) is 12.3 Å². The second-order valence-electron chi connectivity index (χ2n) is 4.33. The quantitative estimate of drug-likeness (QED) is 0.871. The Bertz CT molecular complexity index is 511. The maximum atomic E-state index is 13.7. The van der Waals surface area contributed by atoms with E-state index in [9.17, 15) is 9.50 Å². The zero-order chi connectivity index (χ0) is 13.1. The molecule has 0 amide bonds. The zero-order valence-corrected chi connectivity index (χ0v) is 10.4. The van der Waals surface area contributed by atoms with Crippen LogP contribution in [-0.2, 0) is 0 Å².